The number of carbonyl (C=O) groups is 2. The van der Waals surface area contributed by atoms with Crippen molar-refractivity contribution >= 4 is 39.8 Å². The lowest BCUT2D eigenvalue weighted by molar-refractivity contribution is 0.0603. The molecule has 7 heteroatoms. The minimum Gasteiger partial charge on any atom is -0.465 e. The van der Waals surface area contributed by atoms with Gasteiger partial charge in [-0.15, -0.1) is 11.3 Å². The van der Waals surface area contributed by atoms with Gasteiger partial charge in [-0.25, -0.2) is 9.78 Å². The van der Waals surface area contributed by atoms with Gasteiger partial charge >= 0.3 is 5.97 Å². The third-order valence-electron chi connectivity index (χ3n) is 3.74. The maximum atomic E-state index is 12.5. The lowest BCUT2D eigenvalue weighted by Gasteiger charge is -2.08. The number of aryl methyl sites for hydroxylation is 1. The molecule has 0 aliphatic heterocycles. The molecular weight excluding hydrogens is 372 g/mol. The number of anilines is 1. The number of pyridine rings is 1. The summed E-state index contributed by atoms with van der Waals surface area (Å²) in [6.07, 6.45) is 1.50. The summed E-state index contributed by atoms with van der Waals surface area (Å²) in [6.45, 7) is 1.97. The van der Waals surface area contributed by atoms with Gasteiger partial charge in [0.05, 0.1) is 12.7 Å². The van der Waals surface area contributed by atoms with Crippen LogP contribution < -0.4 is 5.32 Å². The molecule has 0 saturated heterocycles. The highest BCUT2D eigenvalue weighted by Gasteiger charge is 2.23. The molecule has 0 bridgehead atoms. The van der Waals surface area contributed by atoms with Crippen LogP contribution in [0.5, 0.6) is 0 Å². The van der Waals surface area contributed by atoms with Crippen LogP contribution in [0.25, 0.3) is 11.1 Å². The van der Waals surface area contributed by atoms with Gasteiger partial charge in [0, 0.05) is 17.1 Å². The molecule has 1 N–H and O–H groups in total. The minimum absolute atomic E-state index is 0.0973. The van der Waals surface area contributed by atoms with E-state index >= 15 is 0 Å². The lowest BCUT2D eigenvalue weighted by Crippen LogP contribution is -2.15. The van der Waals surface area contributed by atoms with Gasteiger partial charge in [-0.05, 0) is 24.6 Å². The molecule has 1 amide bonds. The Morgan fingerprint density at radius 2 is 2.04 bits per heavy atom. The van der Waals surface area contributed by atoms with E-state index in [-0.39, 0.29) is 10.7 Å². The smallest absolute Gasteiger partial charge is 0.341 e. The van der Waals surface area contributed by atoms with Crippen molar-refractivity contribution in [2.45, 2.75) is 6.92 Å². The molecule has 0 spiro atoms. The fourth-order valence-corrected chi connectivity index (χ4v) is 3.66. The molecule has 26 heavy (non-hydrogen) atoms. The molecule has 0 atom stereocenters. The van der Waals surface area contributed by atoms with Crippen molar-refractivity contribution in [2.75, 3.05) is 12.4 Å². The van der Waals surface area contributed by atoms with E-state index in [9.17, 15) is 9.59 Å². The average molecular weight is 387 g/mol. The first kappa shape index (κ1) is 18.1. The molecule has 0 aliphatic rings. The number of halogens is 1. The minimum atomic E-state index is -0.518. The molecule has 2 heterocycles. The summed E-state index contributed by atoms with van der Waals surface area (Å²) in [5.74, 6) is -0.957. The first-order chi connectivity index (χ1) is 12.5. The van der Waals surface area contributed by atoms with E-state index in [1.807, 2.05) is 36.6 Å². The fraction of sp³-hybridized carbons (Fsp3) is 0.105. The molecule has 0 fully saturated rings. The predicted octanol–water partition coefficient (Wildman–Crippen LogP) is 4.81. The summed E-state index contributed by atoms with van der Waals surface area (Å²) in [5.41, 5.74) is 3.20. The Balaban J connectivity index is 2.01. The number of esters is 1. The number of hydrogen-bond donors (Lipinski definition) is 1. The van der Waals surface area contributed by atoms with Gasteiger partial charge in [-0.2, -0.15) is 0 Å². The van der Waals surface area contributed by atoms with E-state index in [2.05, 4.69) is 10.3 Å². The quantitative estimate of drug-likeness (QED) is 0.516. The molecule has 132 valence electrons. The largest absolute Gasteiger partial charge is 0.465 e. The Morgan fingerprint density at radius 3 is 2.73 bits per heavy atom. The molecule has 5 nitrogen and oxygen atoms in total. The van der Waals surface area contributed by atoms with Crippen LogP contribution in [0.2, 0.25) is 5.15 Å². The van der Waals surface area contributed by atoms with Crippen molar-refractivity contribution in [3.05, 3.63) is 69.8 Å². The second kappa shape index (κ2) is 7.68. The lowest BCUT2D eigenvalue weighted by atomic mass is 10.0. The number of amides is 1. The third-order valence-corrected chi connectivity index (χ3v) is 4.94. The Labute approximate surface area is 159 Å². The Hall–Kier alpha value is -2.70. The van der Waals surface area contributed by atoms with Crippen molar-refractivity contribution in [1.82, 2.24) is 4.98 Å². The molecular formula is C19H15ClN2O3S. The van der Waals surface area contributed by atoms with Crippen molar-refractivity contribution in [2.24, 2.45) is 0 Å². The zero-order valence-corrected chi connectivity index (χ0v) is 15.6. The summed E-state index contributed by atoms with van der Waals surface area (Å²) in [7, 11) is 1.31. The second-order valence-corrected chi connectivity index (χ2v) is 6.75. The van der Waals surface area contributed by atoms with Gasteiger partial charge < -0.3 is 10.1 Å². The third kappa shape index (κ3) is 3.61. The van der Waals surface area contributed by atoms with E-state index in [0.717, 1.165) is 11.1 Å². The molecule has 0 unspecified atom stereocenters. The van der Waals surface area contributed by atoms with E-state index in [1.54, 1.807) is 12.1 Å². The average Bonchev–Trinajstić information content (AvgIpc) is 3.05. The van der Waals surface area contributed by atoms with Crippen LogP contribution >= 0.6 is 22.9 Å². The van der Waals surface area contributed by atoms with Crippen LogP contribution in [0.4, 0.5) is 5.00 Å². The molecule has 1 aromatic carbocycles. The van der Waals surface area contributed by atoms with Crippen LogP contribution in [0.3, 0.4) is 0 Å². The molecule has 2 aromatic heterocycles. The van der Waals surface area contributed by atoms with Crippen LogP contribution in [-0.4, -0.2) is 24.0 Å². The molecule has 0 radical (unpaired) electrons. The highest BCUT2D eigenvalue weighted by atomic mass is 35.5. The summed E-state index contributed by atoms with van der Waals surface area (Å²) >= 11 is 7.23. The second-order valence-electron chi connectivity index (χ2n) is 5.51. The fourth-order valence-electron chi connectivity index (χ4n) is 2.51. The van der Waals surface area contributed by atoms with Crippen LogP contribution in [0.1, 0.15) is 26.3 Å². The number of hydrogen-bond acceptors (Lipinski definition) is 5. The number of thiophene rings is 1. The Bertz CT molecular complexity index is 984. The van der Waals surface area contributed by atoms with Crippen molar-refractivity contribution < 1.29 is 14.3 Å². The maximum absolute atomic E-state index is 12.5. The summed E-state index contributed by atoms with van der Waals surface area (Å²) < 4.78 is 4.92. The number of aromatic nitrogens is 1. The SMILES string of the molecule is COC(=O)c1c(-c2cccc(C)c2)csc1NC(=O)c1cccnc1Cl. The predicted molar refractivity (Wildman–Crippen MR) is 103 cm³/mol. The summed E-state index contributed by atoms with van der Waals surface area (Å²) in [5, 5.41) is 5.06. The van der Waals surface area contributed by atoms with Crippen LogP contribution in [0, 0.1) is 6.92 Å². The maximum Gasteiger partial charge on any atom is 0.341 e. The Kier molecular flexibility index (Phi) is 5.35. The topological polar surface area (TPSA) is 68.3 Å². The van der Waals surface area contributed by atoms with E-state index in [1.165, 1.54) is 24.6 Å². The van der Waals surface area contributed by atoms with E-state index in [4.69, 9.17) is 16.3 Å². The number of ether oxygens (including phenoxy) is 1. The monoisotopic (exact) mass is 386 g/mol. The van der Waals surface area contributed by atoms with Crippen LogP contribution in [0.15, 0.2) is 48.0 Å². The summed E-state index contributed by atoms with van der Waals surface area (Å²) in [6, 6.07) is 11.0. The van der Waals surface area contributed by atoms with E-state index < -0.39 is 11.9 Å². The van der Waals surface area contributed by atoms with Gasteiger partial charge in [0.2, 0.25) is 0 Å². The van der Waals surface area contributed by atoms with Gasteiger partial charge in [0.25, 0.3) is 5.91 Å². The zero-order valence-electron chi connectivity index (χ0n) is 14.1. The highest BCUT2D eigenvalue weighted by molar-refractivity contribution is 7.15. The van der Waals surface area contributed by atoms with Crippen LogP contribution in [-0.2, 0) is 4.74 Å². The first-order valence-corrected chi connectivity index (χ1v) is 8.95. The number of methoxy groups -OCH3 is 1. The first-order valence-electron chi connectivity index (χ1n) is 7.70. The van der Waals surface area contributed by atoms with Gasteiger partial charge in [0.1, 0.15) is 15.7 Å². The summed E-state index contributed by atoms with van der Waals surface area (Å²) in [4.78, 5) is 28.8. The number of carbonyl (C=O) groups excluding carboxylic acids is 2. The van der Waals surface area contributed by atoms with Crippen molar-refractivity contribution in [1.29, 1.82) is 0 Å². The zero-order chi connectivity index (χ0) is 18.7. The molecule has 3 aromatic rings. The van der Waals surface area contributed by atoms with Gasteiger partial charge in [0.15, 0.2) is 0 Å². The highest BCUT2D eigenvalue weighted by Crippen LogP contribution is 2.36. The van der Waals surface area contributed by atoms with Crippen molar-refractivity contribution in [3.63, 3.8) is 0 Å². The molecule has 3 rings (SSSR count). The van der Waals surface area contributed by atoms with E-state index in [0.29, 0.717) is 16.1 Å². The van der Waals surface area contributed by atoms with Gasteiger partial charge in [-0.3, -0.25) is 4.79 Å². The number of nitrogens with one attached hydrogen (secondary N) is 1. The van der Waals surface area contributed by atoms with Gasteiger partial charge in [-0.1, -0.05) is 41.4 Å². The Morgan fingerprint density at radius 1 is 1.23 bits per heavy atom. The van der Waals surface area contributed by atoms with Crippen molar-refractivity contribution in [3.8, 4) is 11.1 Å². The molecule has 0 aliphatic carbocycles. The normalized spacial score (nSPS) is 10.4. The molecule has 0 saturated carbocycles. The standard InChI is InChI=1S/C19H15ClN2O3S/c1-11-5-3-6-12(9-11)14-10-26-18(15(14)19(24)25-2)22-17(23)13-7-4-8-21-16(13)20/h3-10H,1-2H3,(H,22,23). The number of nitrogens with zero attached hydrogens (tertiary/aromatic N) is 1. The number of benzene rings is 1. The number of rotatable bonds is 4.